The molecular weight excluding hydrogens is 406 g/mol. The molecular formula is C26H53NO5. The zero-order valence-corrected chi connectivity index (χ0v) is 21.1. The van der Waals surface area contributed by atoms with E-state index in [0.717, 1.165) is 6.42 Å². The van der Waals surface area contributed by atoms with Gasteiger partial charge in [-0.05, 0) is 12.8 Å². The minimum absolute atomic E-state index is 0.0759. The first kappa shape index (κ1) is 31.3. The van der Waals surface area contributed by atoms with Crippen LogP contribution in [0, 0.1) is 5.92 Å². The lowest BCUT2D eigenvalue weighted by Gasteiger charge is -2.23. The van der Waals surface area contributed by atoms with Crippen LogP contribution >= 0.6 is 0 Å². The van der Waals surface area contributed by atoms with Crippen molar-refractivity contribution in [2.45, 2.75) is 128 Å². The fourth-order valence-corrected chi connectivity index (χ4v) is 4.07. The molecule has 0 radical (unpaired) electrons. The summed E-state index contributed by atoms with van der Waals surface area (Å²) in [7, 11) is 1.54. The van der Waals surface area contributed by atoms with Gasteiger partial charge in [0, 0.05) is 20.3 Å². The first-order valence-corrected chi connectivity index (χ1v) is 13.3. The van der Waals surface area contributed by atoms with Gasteiger partial charge in [0.25, 0.3) is 0 Å². The van der Waals surface area contributed by atoms with E-state index < -0.39 is 18.0 Å². The van der Waals surface area contributed by atoms with E-state index in [9.17, 15) is 15.0 Å². The van der Waals surface area contributed by atoms with E-state index in [1.807, 2.05) is 0 Å². The number of carboxylic acids is 1. The van der Waals surface area contributed by atoms with Gasteiger partial charge >= 0.3 is 5.97 Å². The Morgan fingerprint density at radius 3 is 1.62 bits per heavy atom. The average molecular weight is 460 g/mol. The molecule has 0 aromatic carbocycles. The molecule has 0 amide bonds. The highest BCUT2D eigenvalue weighted by atomic mass is 16.5. The third-order valence-corrected chi connectivity index (χ3v) is 6.32. The van der Waals surface area contributed by atoms with Crippen molar-refractivity contribution in [1.82, 2.24) is 0 Å². The van der Waals surface area contributed by atoms with Crippen LogP contribution in [0.3, 0.4) is 0 Å². The summed E-state index contributed by atoms with van der Waals surface area (Å²) in [5, 5.41) is 19.0. The van der Waals surface area contributed by atoms with E-state index in [-0.39, 0.29) is 19.1 Å². The lowest BCUT2D eigenvalue weighted by Crippen LogP contribution is -2.38. The molecule has 0 heterocycles. The van der Waals surface area contributed by atoms with Crippen molar-refractivity contribution < 1.29 is 24.5 Å². The Kier molecular flexibility index (Phi) is 23.0. The van der Waals surface area contributed by atoms with E-state index in [1.165, 1.54) is 103 Å². The number of aliphatic carboxylic acids is 1. The third-order valence-electron chi connectivity index (χ3n) is 6.32. The van der Waals surface area contributed by atoms with Gasteiger partial charge in [0.15, 0.2) is 0 Å². The minimum atomic E-state index is -1.06. The zero-order valence-electron chi connectivity index (χ0n) is 21.1. The molecule has 0 aliphatic rings. The fourth-order valence-electron chi connectivity index (χ4n) is 4.07. The Morgan fingerprint density at radius 1 is 0.812 bits per heavy atom. The van der Waals surface area contributed by atoms with Gasteiger partial charge < -0.3 is 25.4 Å². The predicted octanol–water partition coefficient (Wildman–Crippen LogP) is 5.69. The van der Waals surface area contributed by atoms with E-state index in [2.05, 4.69) is 6.92 Å². The molecule has 0 aliphatic carbocycles. The van der Waals surface area contributed by atoms with Crippen LogP contribution in [0.2, 0.25) is 0 Å². The normalized spacial score (nSPS) is 14.4. The van der Waals surface area contributed by atoms with Crippen molar-refractivity contribution in [2.24, 2.45) is 11.7 Å². The SMILES string of the molecule is CCCCCCCCCCCCCCCCCCOCC(CC(C(=O)O)C(O)CN)OC. The molecule has 3 unspecified atom stereocenters. The number of aliphatic hydroxyl groups excluding tert-OH is 1. The van der Waals surface area contributed by atoms with Crippen molar-refractivity contribution in [2.75, 3.05) is 26.9 Å². The van der Waals surface area contributed by atoms with Crippen LogP contribution in [0.1, 0.15) is 116 Å². The smallest absolute Gasteiger partial charge is 0.309 e. The molecule has 0 bridgehead atoms. The number of nitrogens with two attached hydrogens (primary N) is 1. The maximum Gasteiger partial charge on any atom is 0.309 e. The summed E-state index contributed by atoms with van der Waals surface area (Å²) < 4.78 is 11.0. The lowest BCUT2D eigenvalue weighted by atomic mass is 9.95. The van der Waals surface area contributed by atoms with E-state index >= 15 is 0 Å². The number of unbranched alkanes of at least 4 members (excludes halogenated alkanes) is 15. The molecule has 0 rings (SSSR count). The summed E-state index contributed by atoms with van der Waals surface area (Å²) in [5.74, 6) is -1.98. The summed E-state index contributed by atoms with van der Waals surface area (Å²) in [4.78, 5) is 11.3. The molecule has 0 fully saturated rings. The monoisotopic (exact) mass is 459 g/mol. The number of carbonyl (C=O) groups is 1. The van der Waals surface area contributed by atoms with Gasteiger partial charge in [-0.25, -0.2) is 0 Å². The van der Waals surface area contributed by atoms with Gasteiger partial charge in [-0.3, -0.25) is 4.79 Å². The van der Waals surface area contributed by atoms with Crippen molar-refractivity contribution in [3.05, 3.63) is 0 Å². The molecule has 0 aliphatic heterocycles. The van der Waals surface area contributed by atoms with Crippen molar-refractivity contribution in [3.8, 4) is 0 Å². The van der Waals surface area contributed by atoms with Crippen molar-refractivity contribution >= 4 is 5.97 Å². The Balaban J connectivity index is 3.46. The molecule has 0 saturated heterocycles. The highest BCUT2D eigenvalue weighted by Gasteiger charge is 2.28. The van der Waals surface area contributed by atoms with Crippen LogP contribution in [0.25, 0.3) is 0 Å². The number of ether oxygens (including phenoxy) is 2. The number of hydrogen-bond acceptors (Lipinski definition) is 5. The second-order valence-electron chi connectivity index (χ2n) is 9.22. The van der Waals surface area contributed by atoms with Crippen LogP contribution in [0.4, 0.5) is 0 Å². The quantitative estimate of drug-likeness (QED) is 0.152. The maximum atomic E-state index is 11.3. The molecule has 0 spiro atoms. The van der Waals surface area contributed by atoms with E-state index in [0.29, 0.717) is 13.2 Å². The van der Waals surface area contributed by atoms with Crippen LogP contribution in [-0.4, -0.2) is 55.3 Å². The van der Waals surface area contributed by atoms with Gasteiger partial charge in [-0.1, -0.05) is 103 Å². The molecule has 192 valence electrons. The molecule has 4 N–H and O–H groups in total. The summed E-state index contributed by atoms with van der Waals surface area (Å²) >= 11 is 0. The standard InChI is InChI=1S/C26H53NO5/c1-3-4-5-6-7-8-9-10-11-12-13-14-15-16-17-18-19-32-22-23(31-2)20-24(26(29)30)25(28)21-27/h23-25,28H,3-22,27H2,1-2H3,(H,29,30). The van der Waals surface area contributed by atoms with Crippen LogP contribution in [0.15, 0.2) is 0 Å². The second kappa shape index (κ2) is 23.5. The van der Waals surface area contributed by atoms with Crippen molar-refractivity contribution in [3.63, 3.8) is 0 Å². The number of hydrogen-bond donors (Lipinski definition) is 3. The first-order chi connectivity index (χ1) is 15.6. The summed E-state index contributed by atoms with van der Waals surface area (Å²) in [5.41, 5.74) is 5.39. The number of methoxy groups -OCH3 is 1. The molecule has 6 heteroatoms. The minimum Gasteiger partial charge on any atom is -0.481 e. The Bertz CT molecular complexity index is 408. The highest BCUT2D eigenvalue weighted by Crippen LogP contribution is 2.16. The lowest BCUT2D eigenvalue weighted by molar-refractivity contribution is -0.147. The maximum absolute atomic E-state index is 11.3. The molecule has 0 saturated carbocycles. The third kappa shape index (κ3) is 18.8. The topological polar surface area (TPSA) is 102 Å². The molecule has 0 aromatic rings. The fraction of sp³-hybridized carbons (Fsp3) is 0.962. The van der Waals surface area contributed by atoms with Gasteiger partial charge in [0.1, 0.15) is 0 Å². The van der Waals surface area contributed by atoms with Crippen molar-refractivity contribution in [1.29, 1.82) is 0 Å². The summed E-state index contributed by atoms with van der Waals surface area (Å²) in [6, 6.07) is 0. The Morgan fingerprint density at radius 2 is 1.25 bits per heavy atom. The molecule has 32 heavy (non-hydrogen) atoms. The van der Waals surface area contributed by atoms with Crippen LogP contribution in [-0.2, 0) is 14.3 Å². The Labute approximate surface area is 197 Å². The van der Waals surface area contributed by atoms with Gasteiger partial charge in [0.05, 0.1) is 24.7 Å². The number of carboxylic acid groups (broad SMARTS) is 1. The van der Waals surface area contributed by atoms with Crippen LogP contribution < -0.4 is 5.73 Å². The first-order valence-electron chi connectivity index (χ1n) is 13.3. The molecule has 3 atom stereocenters. The number of rotatable bonds is 25. The van der Waals surface area contributed by atoms with Gasteiger partial charge in [0.2, 0.25) is 0 Å². The predicted molar refractivity (Wildman–Crippen MR) is 132 cm³/mol. The summed E-state index contributed by atoms with van der Waals surface area (Å²) in [6.07, 6.45) is 20.3. The molecule has 6 nitrogen and oxygen atoms in total. The van der Waals surface area contributed by atoms with E-state index in [4.69, 9.17) is 15.2 Å². The summed E-state index contributed by atoms with van der Waals surface area (Å²) in [6.45, 7) is 3.20. The number of aliphatic hydroxyl groups is 1. The average Bonchev–Trinajstić information content (AvgIpc) is 2.79. The Hall–Kier alpha value is -0.690. The van der Waals surface area contributed by atoms with Gasteiger partial charge in [-0.15, -0.1) is 0 Å². The van der Waals surface area contributed by atoms with Crippen LogP contribution in [0.5, 0.6) is 0 Å². The second-order valence-corrected chi connectivity index (χ2v) is 9.22. The van der Waals surface area contributed by atoms with E-state index in [1.54, 1.807) is 0 Å². The largest absolute Gasteiger partial charge is 0.481 e. The highest BCUT2D eigenvalue weighted by molar-refractivity contribution is 5.70. The van der Waals surface area contributed by atoms with Gasteiger partial charge in [-0.2, -0.15) is 0 Å². The zero-order chi connectivity index (χ0) is 23.9. The molecule has 0 aromatic heterocycles.